The highest BCUT2D eigenvalue weighted by Gasteiger charge is 2.19. The Morgan fingerprint density at radius 1 is 1.29 bits per heavy atom. The molecule has 0 atom stereocenters. The highest BCUT2D eigenvalue weighted by atomic mass is 79.9. The molecule has 0 saturated heterocycles. The average Bonchev–Trinajstić information content (AvgIpc) is 2.52. The molecule has 21 heavy (non-hydrogen) atoms. The lowest BCUT2D eigenvalue weighted by molar-refractivity contribution is -0.385. The first-order valence-electron chi connectivity index (χ1n) is 6.08. The van der Waals surface area contributed by atoms with Crippen molar-refractivity contribution in [3.8, 4) is 11.5 Å². The third kappa shape index (κ3) is 3.69. The van der Waals surface area contributed by atoms with Crippen LogP contribution in [0, 0.1) is 10.1 Å². The normalized spacial score (nSPS) is 10.2. The van der Waals surface area contributed by atoms with Gasteiger partial charge in [0.15, 0.2) is 11.5 Å². The number of alkyl halides is 1. The maximum atomic E-state index is 11.1. The van der Waals surface area contributed by atoms with Crippen LogP contribution >= 0.6 is 15.9 Å². The monoisotopic (exact) mass is 352 g/mol. The summed E-state index contributed by atoms with van der Waals surface area (Å²) in [5.41, 5.74) is 1.45. The molecule has 1 aromatic heterocycles. The Kier molecular flexibility index (Phi) is 5.10. The maximum absolute atomic E-state index is 11.1. The van der Waals surface area contributed by atoms with Crippen LogP contribution in [0.4, 0.5) is 5.69 Å². The second-order valence-electron chi connectivity index (χ2n) is 4.17. The van der Waals surface area contributed by atoms with Gasteiger partial charge < -0.3 is 9.47 Å². The van der Waals surface area contributed by atoms with Gasteiger partial charge in [-0.25, -0.2) is 0 Å². The van der Waals surface area contributed by atoms with Gasteiger partial charge in [-0.3, -0.25) is 15.1 Å². The molecule has 110 valence electrons. The molecule has 7 heteroatoms. The van der Waals surface area contributed by atoms with Gasteiger partial charge in [-0.2, -0.15) is 0 Å². The summed E-state index contributed by atoms with van der Waals surface area (Å²) in [5.74, 6) is 0.801. The Bertz CT molecular complexity index is 634. The number of ether oxygens (including phenoxy) is 2. The van der Waals surface area contributed by atoms with Crippen LogP contribution in [0.1, 0.15) is 11.1 Å². The van der Waals surface area contributed by atoms with Gasteiger partial charge in [0, 0.05) is 23.3 Å². The summed E-state index contributed by atoms with van der Waals surface area (Å²) in [6, 6.07) is 6.62. The molecular weight excluding hydrogens is 340 g/mol. The van der Waals surface area contributed by atoms with Crippen LogP contribution in [-0.2, 0) is 11.9 Å². The minimum absolute atomic E-state index is 0.00240. The minimum atomic E-state index is -0.435. The molecule has 2 rings (SSSR count). The van der Waals surface area contributed by atoms with E-state index in [2.05, 4.69) is 20.9 Å². The second kappa shape index (κ2) is 7.03. The summed E-state index contributed by atoms with van der Waals surface area (Å²) in [4.78, 5) is 14.6. The zero-order chi connectivity index (χ0) is 15.2. The number of nitro benzene ring substituents is 1. The van der Waals surface area contributed by atoms with E-state index in [4.69, 9.17) is 9.47 Å². The highest BCUT2D eigenvalue weighted by molar-refractivity contribution is 9.08. The third-order valence-corrected chi connectivity index (χ3v) is 3.45. The van der Waals surface area contributed by atoms with Crippen molar-refractivity contribution in [2.75, 3.05) is 7.11 Å². The van der Waals surface area contributed by atoms with Gasteiger partial charge in [0.2, 0.25) is 0 Å². The van der Waals surface area contributed by atoms with Crippen LogP contribution in [-0.4, -0.2) is 17.0 Å². The first-order chi connectivity index (χ1) is 10.2. The smallest absolute Gasteiger partial charge is 0.277 e. The fourth-order valence-electron chi connectivity index (χ4n) is 1.78. The van der Waals surface area contributed by atoms with Crippen LogP contribution in [0.3, 0.4) is 0 Å². The number of hydrogen-bond acceptors (Lipinski definition) is 5. The van der Waals surface area contributed by atoms with Crippen molar-refractivity contribution in [1.82, 2.24) is 4.98 Å². The molecule has 0 N–H and O–H groups in total. The van der Waals surface area contributed by atoms with Gasteiger partial charge in [-0.15, -0.1) is 0 Å². The third-order valence-electron chi connectivity index (χ3n) is 2.85. The van der Waals surface area contributed by atoms with Gasteiger partial charge in [-0.05, 0) is 23.8 Å². The van der Waals surface area contributed by atoms with Crippen molar-refractivity contribution >= 4 is 21.6 Å². The maximum Gasteiger partial charge on any atom is 0.277 e. The molecule has 6 nitrogen and oxygen atoms in total. The summed E-state index contributed by atoms with van der Waals surface area (Å²) in [6.07, 6.45) is 3.32. The van der Waals surface area contributed by atoms with Crippen LogP contribution < -0.4 is 9.47 Å². The first-order valence-corrected chi connectivity index (χ1v) is 7.20. The van der Waals surface area contributed by atoms with E-state index < -0.39 is 4.92 Å². The molecular formula is C14H13BrN2O4. The Morgan fingerprint density at radius 2 is 2.00 bits per heavy atom. The van der Waals surface area contributed by atoms with E-state index in [0.29, 0.717) is 22.4 Å². The second-order valence-corrected chi connectivity index (χ2v) is 4.73. The summed E-state index contributed by atoms with van der Waals surface area (Å²) in [7, 11) is 1.50. The number of rotatable bonds is 6. The lowest BCUT2D eigenvalue weighted by Crippen LogP contribution is -2.01. The van der Waals surface area contributed by atoms with E-state index in [-0.39, 0.29) is 12.3 Å². The van der Waals surface area contributed by atoms with Crippen LogP contribution in [0.15, 0.2) is 36.7 Å². The van der Waals surface area contributed by atoms with Crippen LogP contribution in [0.2, 0.25) is 0 Å². The van der Waals surface area contributed by atoms with Crippen molar-refractivity contribution < 1.29 is 14.4 Å². The van der Waals surface area contributed by atoms with E-state index >= 15 is 0 Å². The molecule has 0 fully saturated rings. The van der Waals surface area contributed by atoms with Gasteiger partial charge in [0.05, 0.1) is 18.1 Å². The molecule has 0 amide bonds. The zero-order valence-electron chi connectivity index (χ0n) is 11.3. The lowest BCUT2D eigenvalue weighted by Gasteiger charge is -2.12. The molecule has 0 saturated carbocycles. The standard InChI is InChI=1S/C14H13BrN2O4/c1-20-13-6-11(8-15)12(17(18)19)7-14(13)21-9-10-2-4-16-5-3-10/h2-7H,8-9H2,1H3. The number of pyridine rings is 1. The average molecular weight is 353 g/mol. The Morgan fingerprint density at radius 3 is 2.57 bits per heavy atom. The van der Waals surface area contributed by atoms with Gasteiger partial charge in [-0.1, -0.05) is 15.9 Å². The van der Waals surface area contributed by atoms with E-state index in [1.165, 1.54) is 13.2 Å². The summed E-state index contributed by atoms with van der Waals surface area (Å²) in [5, 5.41) is 11.5. The van der Waals surface area contributed by atoms with E-state index in [9.17, 15) is 10.1 Å². The highest BCUT2D eigenvalue weighted by Crippen LogP contribution is 2.36. The van der Waals surface area contributed by atoms with Crippen molar-refractivity contribution in [3.63, 3.8) is 0 Å². The lowest BCUT2D eigenvalue weighted by atomic mass is 10.2. The number of benzene rings is 1. The first kappa shape index (κ1) is 15.2. The molecule has 0 aliphatic heterocycles. The fraction of sp³-hybridized carbons (Fsp3) is 0.214. The van der Waals surface area contributed by atoms with Crippen molar-refractivity contribution in [1.29, 1.82) is 0 Å². The van der Waals surface area contributed by atoms with Crippen LogP contribution in [0.25, 0.3) is 0 Å². The number of nitrogens with zero attached hydrogens (tertiary/aromatic N) is 2. The van der Waals surface area contributed by atoms with Gasteiger partial charge in [0.1, 0.15) is 6.61 Å². The zero-order valence-corrected chi connectivity index (χ0v) is 12.9. The van der Waals surface area contributed by atoms with Crippen LogP contribution in [0.5, 0.6) is 11.5 Å². The van der Waals surface area contributed by atoms with Gasteiger partial charge >= 0.3 is 0 Å². The van der Waals surface area contributed by atoms with E-state index in [1.807, 2.05) is 12.1 Å². The van der Waals surface area contributed by atoms with Crippen molar-refractivity contribution in [2.45, 2.75) is 11.9 Å². The van der Waals surface area contributed by atoms with Crippen molar-refractivity contribution in [2.24, 2.45) is 0 Å². The predicted molar refractivity (Wildman–Crippen MR) is 80.8 cm³/mol. The molecule has 0 radical (unpaired) electrons. The molecule has 1 heterocycles. The fourth-order valence-corrected chi connectivity index (χ4v) is 2.23. The predicted octanol–water partition coefficient (Wildman–Crippen LogP) is 3.47. The topological polar surface area (TPSA) is 74.5 Å². The Labute approximate surface area is 130 Å². The molecule has 0 bridgehead atoms. The van der Waals surface area contributed by atoms with E-state index in [0.717, 1.165) is 5.56 Å². The SMILES string of the molecule is COc1cc(CBr)c([N+](=O)[O-])cc1OCc1ccncc1. The Hall–Kier alpha value is -2.15. The largest absolute Gasteiger partial charge is 0.493 e. The molecule has 2 aromatic rings. The number of hydrogen-bond donors (Lipinski definition) is 0. The number of halogens is 1. The van der Waals surface area contributed by atoms with E-state index in [1.54, 1.807) is 18.5 Å². The quantitative estimate of drug-likeness (QED) is 0.452. The summed E-state index contributed by atoms with van der Waals surface area (Å²) in [6.45, 7) is 0.281. The Balaban J connectivity index is 2.29. The van der Waals surface area contributed by atoms with Crippen molar-refractivity contribution in [3.05, 3.63) is 57.9 Å². The molecule has 0 unspecified atom stereocenters. The minimum Gasteiger partial charge on any atom is -0.493 e. The molecule has 0 spiro atoms. The number of methoxy groups -OCH3 is 1. The number of nitro groups is 1. The molecule has 1 aromatic carbocycles. The summed E-state index contributed by atoms with van der Waals surface area (Å²) < 4.78 is 10.9. The van der Waals surface area contributed by atoms with Gasteiger partial charge in [0.25, 0.3) is 5.69 Å². The molecule has 0 aliphatic carbocycles. The summed E-state index contributed by atoms with van der Waals surface area (Å²) >= 11 is 3.23. The molecule has 0 aliphatic rings. The number of aromatic nitrogens is 1.